The number of rotatable bonds is 3. The van der Waals surface area contributed by atoms with Gasteiger partial charge in [0.15, 0.2) is 11.0 Å². The van der Waals surface area contributed by atoms with Crippen molar-refractivity contribution in [3.8, 4) is 0 Å². The molecule has 0 amide bonds. The van der Waals surface area contributed by atoms with Crippen molar-refractivity contribution in [2.45, 2.75) is 26.8 Å². The predicted octanol–water partition coefficient (Wildman–Crippen LogP) is 4.06. The monoisotopic (exact) mass is 279 g/mol. The van der Waals surface area contributed by atoms with E-state index in [1.807, 2.05) is 20.8 Å². The van der Waals surface area contributed by atoms with E-state index in [0.717, 1.165) is 11.4 Å². The Hall–Kier alpha value is -1.68. The predicted molar refractivity (Wildman–Crippen MR) is 75.0 cm³/mol. The summed E-state index contributed by atoms with van der Waals surface area (Å²) in [5.41, 5.74) is 2.15. The zero-order chi connectivity index (χ0) is 14.0. The summed E-state index contributed by atoms with van der Waals surface area (Å²) in [6.07, 6.45) is 0. The van der Waals surface area contributed by atoms with Crippen molar-refractivity contribution in [3.63, 3.8) is 0 Å². The van der Waals surface area contributed by atoms with Crippen LogP contribution >= 0.6 is 11.6 Å². The highest BCUT2D eigenvalue weighted by Crippen LogP contribution is 2.25. The number of aryl methyl sites for hydroxylation is 2. The molecule has 0 aliphatic rings. The van der Waals surface area contributed by atoms with Crippen LogP contribution in [-0.4, -0.2) is 9.97 Å². The summed E-state index contributed by atoms with van der Waals surface area (Å²) in [4.78, 5) is 8.53. The van der Waals surface area contributed by atoms with Gasteiger partial charge < -0.3 is 5.32 Å². The lowest BCUT2D eigenvalue weighted by atomic mass is 10.1. The lowest BCUT2D eigenvalue weighted by molar-refractivity contribution is 0.600. The number of hydrogen-bond acceptors (Lipinski definition) is 3. The Bertz CT molecular complexity index is 601. The third-order valence-electron chi connectivity index (χ3n) is 2.99. The highest BCUT2D eigenvalue weighted by atomic mass is 35.5. The average molecular weight is 280 g/mol. The molecule has 1 heterocycles. The zero-order valence-corrected chi connectivity index (χ0v) is 11.8. The van der Waals surface area contributed by atoms with Crippen LogP contribution in [0.25, 0.3) is 0 Å². The minimum atomic E-state index is -0.254. The molecule has 0 fully saturated rings. The van der Waals surface area contributed by atoms with Crippen LogP contribution in [0.15, 0.2) is 24.3 Å². The van der Waals surface area contributed by atoms with Crippen LogP contribution < -0.4 is 5.32 Å². The van der Waals surface area contributed by atoms with Gasteiger partial charge in [-0.15, -0.1) is 0 Å². The number of halogens is 2. The fraction of sp³-hybridized carbons (Fsp3) is 0.286. The fourth-order valence-corrected chi connectivity index (χ4v) is 2.00. The van der Waals surface area contributed by atoms with Crippen LogP contribution in [0.3, 0.4) is 0 Å². The Labute approximate surface area is 116 Å². The Morgan fingerprint density at radius 3 is 2.47 bits per heavy atom. The topological polar surface area (TPSA) is 37.8 Å². The molecule has 0 aliphatic carbocycles. The molecule has 1 N–H and O–H groups in total. The number of anilines is 1. The molecule has 0 saturated carbocycles. The molecule has 1 atom stereocenters. The van der Waals surface area contributed by atoms with E-state index in [1.54, 1.807) is 18.2 Å². The quantitative estimate of drug-likeness (QED) is 0.921. The Morgan fingerprint density at radius 2 is 1.79 bits per heavy atom. The number of aromatic nitrogens is 2. The molecule has 0 saturated heterocycles. The van der Waals surface area contributed by atoms with Gasteiger partial charge in [-0.1, -0.05) is 29.8 Å². The normalized spacial score (nSPS) is 12.3. The van der Waals surface area contributed by atoms with Crippen LogP contribution in [-0.2, 0) is 0 Å². The molecular formula is C14H15ClFN3. The second-order valence-electron chi connectivity index (χ2n) is 4.42. The molecule has 100 valence electrons. The van der Waals surface area contributed by atoms with Gasteiger partial charge in [0, 0.05) is 5.56 Å². The Balaban J connectivity index is 2.27. The van der Waals surface area contributed by atoms with Gasteiger partial charge in [0.25, 0.3) is 0 Å². The van der Waals surface area contributed by atoms with Crippen molar-refractivity contribution in [2.24, 2.45) is 0 Å². The molecule has 0 spiro atoms. The smallest absolute Gasteiger partial charge is 0.171 e. The first kappa shape index (κ1) is 13.7. The van der Waals surface area contributed by atoms with Crippen molar-refractivity contribution >= 4 is 17.4 Å². The summed E-state index contributed by atoms with van der Waals surface area (Å²) in [5, 5.41) is 3.39. The fourth-order valence-electron chi connectivity index (χ4n) is 1.78. The van der Waals surface area contributed by atoms with Crippen LogP contribution in [0.1, 0.15) is 29.9 Å². The van der Waals surface area contributed by atoms with Gasteiger partial charge in [-0.3, -0.25) is 0 Å². The van der Waals surface area contributed by atoms with Crippen LogP contribution in [0.4, 0.5) is 10.2 Å². The summed E-state index contributed by atoms with van der Waals surface area (Å²) >= 11 is 6.04. The Kier molecular flexibility index (Phi) is 4.00. The average Bonchev–Trinajstić information content (AvgIpc) is 2.36. The van der Waals surface area contributed by atoms with Crippen LogP contribution in [0.2, 0.25) is 5.15 Å². The summed E-state index contributed by atoms with van der Waals surface area (Å²) in [5.74, 6) is 0.218. The summed E-state index contributed by atoms with van der Waals surface area (Å²) in [7, 11) is 0. The van der Waals surface area contributed by atoms with Crippen molar-refractivity contribution in [1.82, 2.24) is 9.97 Å². The van der Waals surface area contributed by atoms with Gasteiger partial charge in [0.2, 0.25) is 0 Å². The molecule has 1 unspecified atom stereocenters. The van der Waals surface area contributed by atoms with Gasteiger partial charge in [0.1, 0.15) is 5.82 Å². The maximum atomic E-state index is 13.7. The molecule has 3 nitrogen and oxygen atoms in total. The van der Waals surface area contributed by atoms with E-state index in [0.29, 0.717) is 16.5 Å². The highest BCUT2D eigenvalue weighted by molar-refractivity contribution is 6.31. The summed E-state index contributed by atoms with van der Waals surface area (Å²) in [6.45, 7) is 5.56. The van der Waals surface area contributed by atoms with Crippen LogP contribution in [0, 0.1) is 19.7 Å². The minimum Gasteiger partial charge on any atom is -0.361 e. The molecule has 2 rings (SSSR count). The van der Waals surface area contributed by atoms with Gasteiger partial charge in [-0.25, -0.2) is 14.4 Å². The van der Waals surface area contributed by atoms with E-state index >= 15 is 0 Å². The third kappa shape index (κ3) is 3.01. The molecule has 1 aromatic carbocycles. The summed E-state index contributed by atoms with van der Waals surface area (Å²) in [6, 6.07) is 6.38. The largest absolute Gasteiger partial charge is 0.361 e. The first-order chi connectivity index (χ1) is 8.99. The van der Waals surface area contributed by atoms with E-state index < -0.39 is 0 Å². The van der Waals surface area contributed by atoms with E-state index in [1.165, 1.54) is 6.07 Å². The third-order valence-corrected chi connectivity index (χ3v) is 3.25. The maximum Gasteiger partial charge on any atom is 0.171 e. The van der Waals surface area contributed by atoms with Gasteiger partial charge in [-0.05, 0) is 26.8 Å². The zero-order valence-electron chi connectivity index (χ0n) is 11.0. The first-order valence-electron chi connectivity index (χ1n) is 6.00. The van der Waals surface area contributed by atoms with E-state index in [9.17, 15) is 4.39 Å². The standard InChI is InChI=1S/C14H15ClFN3/c1-8-9(2)18-14(13(15)17-8)19-10(3)11-6-4-5-7-12(11)16/h4-7,10H,1-3H3,(H,18,19). The molecule has 5 heteroatoms. The molecule has 0 aliphatic heterocycles. The second-order valence-corrected chi connectivity index (χ2v) is 4.78. The van der Waals surface area contributed by atoms with Gasteiger partial charge in [0.05, 0.1) is 17.4 Å². The first-order valence-corrected chi connectivity index (χ1v) is 6.38. The van der Waals surface area contributed by atoms with E-state index in [2.05, 4.69) is 15.3 Å². The van der Waals surface area contributed by atoms with Gasteiger partial charge in [-0.2, -0.15) is 0 Å². The second kappa shape index (κ2) is 5.53. The van der Waals surface area contributed by atoms with Crippen molar-refractivity contribution in [1.29, 1.82) is 0 Å². The highest BCUT2D eigenvalue weighted by Gasteiger charge is 2.14. The van der Waals surface area contributed by atoms with Crippen molar-refractivity contribution in [3.05, 3.63) is 52.2 Å². The number of nitrogens with zero attached hydrogens (tertiary/aromatic N) is 2. The lowest BCUT2D eigenvalue weighted by Gasteiger charge is -2.17. The minimum absolute atomic E-state index is 0.241. The van der Waals surface area contributed by atoms with Crippen LogP contribution in [0.5, 0.6) is 0 Å². The van der Waals surface area contributed by atoms with E-state index in [-0.39, 0.29) is 11.9 Å². The molecular weight excluding hydrogens is 265 g/mol. The summed E-state index contributed by atoms with van der Waals surface area (Å²) < 4.78 is 13.7. The molecule has 0 radical (unpaired) electrons. The number of benzene rings is 1. The molecule has 19 heavy (non-hydrogen) atoms. The SMILES string of the molecule is Cc1nc(Cl)c(NC(C)c2ccccc2F)nc1C. The number of nitrogens with one attached hydrogen (secondary N) is 1. The number of hydrogen-bond donors (Lipinski definition) is 1. The molecule has 0 bridgehead atoms. The lowest BCUT2D eigenvalue weighted by Crippen LogP contribution is -2.11. The maximum absolute atomic E-state index is 13.7. The Morgan fingerprint density at radius 1 is 1.16 bits per heavy atom. The molecule has 2 aromatic rings. The molecule has 1 aromatic heterocycles. The van der Waals surface area contributed by atoms with Crippen molar-refractivity contribution in [2.75, 3.05) is 5.32 Å². The van der Waals surface area contributed by atoms with E-state index in [4.69, 9.17) is 11.6 Å². The van der Waals surface area contributed by atoms with Crippen molar-refractivity contribution < 1.29 is 4.39 Å². The van der Waals surface area contributed by atoms with Gasteiger partial charge >= 0.3 is 0 Å².